The maximum absolute atomic E-state index is 12.2. The van der Waals surface area contributed by atoms with E-state index < -0.39 is 0 Å². The molecule has 0 radical (unpaired) electrons. The van der Waals surface area contributed by atoms with E-state index in [0.29, 0.717) is 17.9 Å². The van der Waals surface area contributed by atoms with Gasteiger partial charge in [0.1, 0.15) is 0 Å². The molecule has 0 spiro atoms. The number of rotatable bonds is 3. The summed E-state index contributed by atoms with van der Waals surface area (Å²) in [5, 5.41) is 6.69. The van der Waals surface area contributed by atoms with Crippen molar-refractivity contribution >= 4 is 5.82 Å². The fraction of sp³-hybridized carbons (Fsp3) is 0.692. The molecule has 5 nitrogen and oxygen atoms in total. The van der Waals surface area contributed by atoms with Gasteiger partial charge in [0.2, 0.25) is 0 Å². The van der Waals surface area contributed by atoms with Crippen molar-refractivity contribution in [2.24, 2.45) is 0 Å². The molecule has 3 rings (SSSR count). The predicted molar refractivity (Wildman–Crippen MR) is 70.9 cm³/mol. The maximum atomic E-state index is 12.2. The van der Waals surface area contributed by atoms with Crippen molar-refractivity contribution in [3.05, 3.63) is 22.7 Å². The van der Waals surface area contributed by atoms with Crippen molar-refractivity contribution in [1.29, 1.82) is 0 Å². The van der Waals surface area contributed by atoms with Crippen molar-refractivity contribution in [3.8, 4) is 0 Å². The van der Waals surface area contributed by atoms with Gasteiger partial charge in [-0.1, -0.05) is 6.42 Å². The highest BCUT2D eigenvalue weighted by molar-refractivity contribution is 5.33. The Kier molecular flexibility index (Phi) is 3.32. The van der Waals surface area contributed by atoms with Crippen LogP contribution >= 0.6 is 0 Å². The molecule has 2 aliphatic rings. The monoisotopic (exact) mass is 248 g/mol. The van der Waals surface area contributed by atoms with Gasteiger partial charge in [0.25, 0.3) is 5.56 Å². The minimum absolute atomic E-state index is 0.0317. The first-order valence-corrected chi connectivity index (χ1v) is 6.89. The van der Waals surface area contributed by atoms with Crippen LogP contribution in [-0.2, 0) is 0 Å². The number of nitrogens with zero attached hydrogens (tertiary/aromatic N) is 2. The zero-order valence-corrected chi connectivity index (χ0v) is 10.6. The molecule has 1 saturated carbocycles. The largest absolute Gasteiger partial charge is 0.361 e. The molecule has 2 fully saturated rings. The van der Waals surface area contributed by atoms with E-state index in [-0.39, 0.29) is 5.56 Å². The van der Waals surface area contributed by atoms with Crippen LogP contribution in [0.1, 0.15) is 38.1 Å². The second kappa shape index (κ2) is 5.10. The van der Waals surface area contributed by atoms with Gasteiger partial charge in [-0.15, -0.1) is 0 Å². The average Bonchev–Trinajstić information content (AvgIpc) is 3.18. The van der Waals surface area contributed by atoms with Gasteiger partial charge < -0.3 is 15.2 Å². The van der Waals surface area contributed by atoms with E-state index in [4.69, 9.17) is 0 Å². The standard InChI is InChI=1S/C13H20N4O/c18-13-12(15-7-8-17(13)11-4-5-11)16-10-3-1-2-6-14-9-10/h7-8,10-11,14H,1-6,9H2,(H,15,16). The highest BCUT2D eigenvalue weighted by Crippen LogP contribution is 2.33. The minimum Gasteiger partial charge on any atom is -0.361 e. The van der Waals surface area contributed by atoms with Crippen LogP contribution < -0.4 is 16.2 Å². The Morgan fingerprint density at radius 3 is 3.06 bits per heavy atom. The third-order valence-corrected chi connectivity index (χ3v) is 3.70. The van der Waals surface area contributed by atoms with Gasteiger partial charge in [-0.05, 0) is 32.2 Å². The maximum Gasteiger partial charge on any atom is 0.293 e. The third kappa shape index (κ3) is 2.56. The molecule has 0 amide bonds. The molecule has 2 N–H and O–H groups in total. The molecule has 18 heavy (non-hydrogen) atoms. The molecule has 1 unspecified atom stereocenters. The molecule has 1 aliphatic heterocycles. The summed E-state index contributed by atoms with van der Waals surface area (Å²) in [7, 11) is 0. The Bertz CT molecular complexity index is 458. The summed E-state index contributed by atoms with van der Waals surface area (Å²) in [6.45, 7) is 1.99. The van der Waals surface area contributed by atoms with Gasteiger partial charge in [0.15, 0.2) is 5.82 Å². The van der Waals surface area contributed by atoms with E-state index in [0.717, 1.165) is 32.4 Å². The van der Waals surface area contributed by atoms with Gasteiger partial charge in [0, 0.05) is 31.0 Å². The molecule has 0 bridgehead atoms. The number of nitrogens with one attached hydrogen (secondary N) is 2. The zero-order valence-electron chi connectivity index (χ0n) is 10.6. The number of anilines is 1. The Labute approximate surface area is 107 Å². The van der Waals surface area contributed by atoms with E-state index in [1.165, 1.54) is 12.8 Å². The van der Waals surface area contributed by atoms with E-state index in [2.05, 4.69) is 15.6 Å². The lowest BCUT2D eigenvalue weighted by molar-refractivity contribution is 0.626. The quantitative estimate of drug-likeness (QED) is 0.842. The summed E-state index contributed by atoms with van der Waals surface area (Å²) in [6, 6.07) is 0.732. The van der Waals surface area contributed by atoms with Crippen LogP contribution in [0.15, 0.2) is 17.2 Å². The lowest BCUT2D eigenvalue weighted by Gasteiger charge is -2.17. The van der Waals surface area contributed by atoms with Gasteiger partial charge in [-0.3, -0.25) is 4.79 Å². The predicted octanol–water partition coefficient (Wildman–Crippen LogP) is 1.13. The van der Waals surface area contributed by atoms with Gasteiger partial charge in [-0.2, -0.15) is 0 Å². The summed E-state index contributed by atoms with van der Waals surface area (Å²) in [5.41, 5.74) is 0.0317. The Morgan fingerprint density at radius 2 is 2.22 bits per heavy atom. The molecule has 0 aromatic carbocycles. The number of hydrogen-bond acceptors (Lipinski definition) is 4. The first kappa shape index (κ1) is 11.7. The first-order valence-electron chi connectivity index (χ1n) is 6.89. The lowest BCUT2D eigenvalue weighted by atomic mass is 10.1. The fourth-order valence-corrected chi connectivity index (χ4v) is 2.50. The summed E-state index contributed by atoms with van der Waals surface area (Å²) in [4.78, 5) is 16.4. The van der Waals surface area contributed by atoms with Crippen LogP contribution in [0.25, 0.3) is 0 Å². The van der Waals surface area contributed by atoms with Crippen LogP contribution in [0.2, 0.25) is 0 Å². The normalized spacial score (nSPS) is 24.6. The molecule has 98 valence electrons. The van der Waals surface area contributed by atoms with Crippen molar-refractivity contribution < 1.29 is 0 Å². The highest BCUT2D eigenvalue weighted by atomic mass is 16.1. The van der Waals surface area contributed by atoms with Crippen LogP contribution in [-0.4, -0.2) is 28.7 Å². The second-order valence-corrected chi connectivity index (χ2v) is 5.26. The third-order valence-electron chi connectivity index (χ3n) is 3.70. The lowest BCUT2D eigenvalue weighted by Crippen LogP contribution is -2.34. The SMILES string of the molecule is O=c1c(NC2CCCCNC2)nccn1C1CC1. The van der Waals surface area contributed by atoms with Crippen molar-refractivity contribution in [2.75, 3.05) is 18.4 Å². The Morgan fingerprint density at radius 1 is 1.33 bits per heavy atom. The second-order valence-electron chi connectivity index (χ2n) is 5.26. The average molecular weight is 248 g/mol. The summed E-state index contributed by atoms with van der Waals surface area (Å²) >= 11 is 0. The van der Waals surface area contributed by atoms with Crippen LogP contribution in [0.5, 0.6) is 0 Å². The Hall–Kier alpha value is -1.36. The molecular weight excluding hydrogens is 228 g/mol. The molecule has 1 aromatic heterocycles. The van der Waals surface area contributed by atoms with Crippen LogP contribution in [0.3, 0.4) is 0 Å². The highest BCUT2D eigenvalue weighted by Gasteiger charge is 2.25. The summed E-state index contributed by atoms with van der Waals surface area (Å²) in [5.74, 6) is 0.512. The zero-order chi connectivity index (χ0) is 12.4. The fourth-order valence-electron chi connectivity index (χ4n) is 2.50. The topological polar surface area (TPSA) is 59.0 Å². The summed E-state index contributed by atoms with van der Waals surface area (Å²) < 4.78 is 1.82. The van der Waals surface area contributed by atoms with Crippen molar-refractivity contribution in [3.63, 3.8) is 0 Å². The smallest absolute Gasteiger partial charge is 0.293 e. The van der Waals surface area contributed by atoms with E-state index in [1.54, 1.807) is 12.4 Å². The number of hydrogen-bond donors (Lipinski definition) is 2. The van der Waals surface area contributed by atoms with E-state index in [1.807, 2.05) is 4.57 Å². The molecule has 1 aromatic rings. The first-order chi connectivity index (χ1) is 8.84. The van der Waals surface area contributed by atoms with E-state index in [9.17, 15) is 4.79 Å². The van der Waals surface area contributed by atoms with Gasteiger partial charge >= 0.3 is 0 Å². The minimum atomic E-state index is 0.0317. The summed E-state index contributed by atoms with van der Waals surface area (Å²) in [6.07, 6.45) is 9.29. The van der Waals surface area contributed by atoms with Gasteiger partial charge in [0.05, 0.1) is 0 Å². The molecule has 1 saturated heterocycles. The van der Waals surface area contributed by atoms with Crippen LogP contribution in [0.4, 0.5) is 5.82 Å². The molecule has 2 heterocycles. The molecule has 1 atom stereocenters. The van der Waals surface area contributed by atoms with Crippen molar-refractivity contribution in [1.82, 2.24) is 14.9 Å². The molecular formula is C13H20N4O. The molecule has 5 heteroatoms. The van der Waals surface area contributed by atoms with E-state index >= 15 is 0 Å². The van der Waals surface area contributed by atoms with Crippen LogP contribution in [0, 0.1) is 0 Å². The Balaban J connectivity index is 1.75. The molecule has 1 aliphatic carbocycles. The van der Waals surface area contributed by atoms with Crippen molar-refractivity contribution in [2.45, 2.75) is 44.2 Å². The van der Waals surface area contributed by atoms with Gasteiger partial charge in [-0.25, -0.2) is 4.98 Å². The number of aromatic nitrogens is 2.